The van der Waals surface area contributed by atoms with Crippen LogP contribution in [0.1, 0.15) is 41.6 Å². The highest BCUT2D eigenvalue weighted by Crippen LogP contribution is 2.30. The summed E-state index contributed by atoms with van der Waals surface area (Å²) in [5, 5.41) is 15.8. The topological polar surface area (TPSA) is 74.2 Å². The number of hydrogen-bond donors (Lipinski definition) is 3. The van der Waals surface area contributed by atoms with Gasteiger partial charge in [0, 0.05) is 24.3 Å². The fourth-order valence-corrected chi connectivity index (χ4v) is 3.32. The molecule has 1 amide bonds. The van der Waals surface area contributed by atoms with Crippen LogP contribution in [0.5, 0.6) is 0 Å². The summed E-state index contributed by atoms with van der Waals surface area (Å²) in [7, 11) is 0. The van der Waals surface area contributed by atoms with Gasteiger partial charge in [-0.1, -0.05) is 12.8 Å². The molecule has 2 aromatic rings. The normalized spacial score (nSPS) is 19.9. The third kappa shape index (κ3) is 5.01. The molecule has 1 fully saturated rings. The molecule has 0 spiro atoms. The number of halogens is 3. The molecule has 1 saturated carbocycles. The number of alkyl halides is 3. The number of aliphatic hydroxyl groups excluding tert-OH is 1. The minimum atomic E-state index is -4.42. The summed E-state index contributed by atoms with van der Waals surface area (Å²) in [5.74, 6) is 0.00539. The average molecular weight is 393 g/mol. The van der Waals surface area contributed by atoms with Crippen LogP contribution in [0.15, 0.2) is 42.6 Å². The summed E-state index contributed by atoms with van der Waals surface area (Å²) >= 11 is 0. The van der Waals surface area contributed by atoms with E-state index in [1.54, 1.807) is 18.3 Å². The molecule has 0 saturated heterocycles. The smallest absolute Gasteiger partial charge is 0.393 e. The van der Waals surface area contributed by atoms with Crippen LogP contribution in [0, 0.1) is 5.92 Å². The summed E-state index contributed by atoms with van der Waals surface area (Å²) in [4.78, 5) is 16.8. The number of carbonyl (C=O) groups is 1. The van der Waals surface area contributed by atoms with Crippen LogP contribution in [0.3, 0.4) is 0 Å². The summed E-state index contributed by atoms with van der Waals surface area (Å²) in [6.45, 7) is 0.499. The molecule has 1 aromatic carbocycles. The molecule has 3 rings (SSSR count). The molecule has 0 bridgehead atoms. The van der Waals surface area contributed by atoms with Gasteiger partial charge < -0.3 is 15.7 Å². The van der Waals surface area contributed by atoms with Crippen molar-refractivity contribution in [1.29, 1.82) is 0 Å². The lowest BCUT2D eigenvalue weighted by Crippen LogP contribution is -2.31. The number of aromatic nitrogens is 1. The van der Waals surface area contributed by atoms with Crippen LogP contribution in [0.25, 0.3) is 0 Å². The summed E-state index contributed by atoms with van der Waals surface area (Å²) in [6, 6.07) is 7.46. The Bertz CT molecular complexity index is 809. The van der Waals surface area contributed by atoms with Gasteiger partial charge in [-0.05, 0) is 49.2 Å². The number of hydrogen-bond acceptors (Lipinski definition) is 4. The predicted molar refractivity (Wildman–Crippen MR) is 100 cm³/mol. The minimum absolute atomic E-state index is 0.0987. The number of pyridine rings is 1. The van der Waals surface area contributed by atoms with Gasteiger partial charge >= 0.3 is 6.18 Å². The molecule has 1 aromatic heterocycles. The molecule has 1 aliphatic rings. The first-order chi connectivity index (χ1) is 13.3. The molecule has 1 unspecified atom stereocenters. The van der Waals surface area contributed by atoms with Crippen LogP contribution in [-0.4, -0.2) is 28.6 Å². The molecule has 2 atom stereocenters. The van der Waals surface area contributed by atoms with Gasteiger partial charge in [0.1, 0.15) is 5.82 Å². The van der Waals surface area contributed by atoms with Crippen molar-refractivity contribution in [3.8, 4) is 0 Å². The third-order valence-corrected chi connectivity index (χ3v) is 4.92. The zero-order valence-corrected chi connectivity index (χ0v) is 15.2. The van der Waals surface area contributed by atoms with Gasteiger partial charge in [0.25, 0.3) is 5.91 Å². The molecule has 1 heterocycles. The van der Waals surface area contributed by atoms with Gasteiger partial charge in [-0.25, -0.2) is 4.98 Å². The lowest BCUT2D eigenvalue weighted by atomic mass is 9.86. The van der Waals surface area contributed by atoms with E-state index in [0.29, 0.717) is 12.4 Å². The summed E-state index contributed by atoms with van der Waals surface area (Å²) < 4.78 is 37.9. The molecular formula is C20H22F3N3O2. The second kappa shape index (κ2) is 8.60. The SMILES string of the molecule is O=C(Nc1ccc(C(F)(F)F)cc1)c1cccnc1NCC1CCCC[C@@H]1O. The Kier molecular flexibility index (Phi) is 6.18. The first-order valence-corrected chi connectivity index (χ1v) is 9.20. The van der Waals surface area contributed by atoms with Crippen LogP contribution < -0.4 is 10.6 Å². The standard InChI is InChI=1S/C20H22F3N3O2/c21-20(22,23)14-7-9-15(10-8-14)26-19(28)16-5-3-11-24-18(16)25-12-13-4-1-2-6-17(13)27/h3,5,7-11,13,17,27H,1-2,4,6,12H2,(H,24,25)(H,26,28)/t13?,17-/m0/s1. The van der Waals surface area contributed by atoms with Gasteiger partial charge in [0.15, 0.2) is 0 Å². The highest BCUT2D eigenvalue weighted by atomic mass is 19.4. The number of carbonyl (C=O) groups excluding carboxylic acids is 1. The third-order valence-electron chi connectivity index (χ3n) is 4.92. The highest BCUT2D eigenvalue weighted by Gasteiger charge is 2.30. The van der Waals surface area contributed by atoms with E-state index < -0.39 is 17.6 Å². The van der Waals surface area contributed by atoms with Crippen molar-refractivity contribution in [2.45, 2.75) is 38.0 Å². The maximum atomic E-state index is 12.6. The maximum absolute atomic E-state index is 12.6. The lowest BCUT2D eigenvalue weighted by Gasteiger charge is -2.28. The molecule has 0 aliphatic heterocycles. The van der Waals surface area contributed by atoms with E-state index in [1.807, 2.05) is 0 Å². The Hall–Kier alpha value is -2.61. The van der Waals surface area contributed by atoms with Gasteiger partial charge in [0.05, 0.1) is 17.2 Å². The Labute approximate surface area is 161 Å². The summed E-state index contributed by atoms with van der Waals surface area (Å²) in [6.07, 6.45) is 0.523. The van der Waals surface area contributed by atoms with Crippen molar-refractivity contribution in [2.75, 3.05) is 17.2 Å². The number of rotatable bonds is 5. The van der Waals surface area contributed by atoms with Crippen LogP contribution in [0.2, 0.25) is 0 Å². The van der Waals surface area contributed by atoms with E-state index in [-0.39, 0.29) is 23.3 Å². The monoisotopic (exact) mass is 393 g/mol. The zero-order valence-electron chi connectivity index (χ0n) is 15.2. The number of nitrogens with one attached hydrogen (secondary N) is 2. The molecule has 0 radical (unpaired) electrons. The average Bonchev–Trinajstić information content (AvgIpc) is 2.67. The van der Waals surface area contributed by atoms with E-state index in [2.05, 4.69) is 15.6 Å². The van der Waals surface area contributed by atoms with Crippen LogP contribution >= 0.6 is 0 Å². The molecule has 1 aliphatic carbocycles. The van der Waals surface area contributed by atoms with E-state index in [1.165, 1.54) is 12.1 Å². The van der Waals surface area contributed by atoms with Gasteiger partial charge in [-0.15, -0.1) is 0 Å². The second-order valence-electron chi connectivity index (χ2n) is 6.92. The molecule has 150 valence electrons. The first kappa shape index (κ1) is 20.1. The van der Waals surface area contributed by atoms with Crippen molar-refractivity contribution in [2.24, 2.45) is 5.92 Å². The maximum Gasteiger partial charge on any atom is 0.416 e. The quantitative estimate of drug-likeness (QED) is 0.708. The van der Waals surface area contributed by atoms with E-state index in [9.17, 15) is 23.1 Å². The van der Waals surface area contributed by atoms with Crippen molar-refractivity contribution in [3.63, 3.8) is 0 Å². The summed E-state index contributed by atoms with van der Waals surface area (Å²) in [5.41, 5.74) is -0.233. The first-order valence-electron chi connectivity index (χ1n) is 9.20. The Morgan fingerprint density at radius 3 is 2.54 bits per heavy atom. The minimum Gasteiger partial charge on any atom is -0.393 e. The molecule has 8 heteroatoms. The van der Waals surface area contributed by atoms with Crippen LogP contribution in [-0.2, 0) is 6.18 Å². The lowest BCUT2D eigenvalue weighted by molar-refractivity contribution is -0.137. The number of anilines is 2. The Morgan fingerprint density at radius 2 is 1.86 bits per heavy atom. The largest absolute Gasteiger partial charge is 0.416 e. The van der Waals surface area contributed by atoms with Gasteiger partial charge in [-0.2, -0.15) is 13.2 Å². The van der Waals surface area contributed by atoms with Crippen molar-refractivity contribution in [1.82, 2.24) is 4.98 Å². The van der Waals surface area contributed by atoms with Crippen molar-refractivity contribution < 1.29 is 23.1 Å². The van der Waals surface area contributed by atoms with Gasteiger partial charge in [0.2, 0.25) is 0 Å². The van der Waals surface area contributed by atoms with Gasteiger partial charge in [-0.3, -0.25) is 4.79 Å². The molecule has 5 nitrogen and oxygen atoms in total. The molecule has 28 heavy (non-hydrogen) atoms. The molecule has 3 N–H and O–H groups in total. The number of aliphatic hydroxyl groups is 1. The highest BCUT2D eigenvalue weighted by molar-refractivity contribution is 6.07. The predicted octanol–water partition coefficient (Wildman–Crippen LogP) is 4.32. The zero-order chi connectivity index (χ0) is 20.1. The van der Waals surface area contributed by atoms with E-state index in [0.717, 1.165) is 37.8 Å². The number of amides is 1. The number of nitrogens with zero attached hydrogens (tertiary/aromatic N) is 1. The Balaban J connectivity index is 1.67. The fourth-order valence-electron chi connectivity index (χ4n) is 3.32. The van der Waals surface area contributed by atoms with E-state index >= 15 is 0 Å². The molecular weight excluding hydrogens is 371 g/mol. The number of benzene rings is 1. The van der Waals surface area contributed by atoms with E-state index in [4.69, 9.17) is 0 Å². The fraction of sp³-hybridized carbons (Fsp3) is 0.400. The second-order valence-corrected chi connectivity index (χ2v) is 6.92. The van der Waals surface area contributed by atoms with Crippen molar-refractivity contribution >= 4 is 17.4 Å². The Morgan fingerprint density at radius 1 is 1.14 bits per heavy atom. The van der Waals surface area contributed by atoms with Crippen LogP contribution in [0.4, 0.5) is 24.7 Å². The van der Waals surface area contributed by atoms with Crippen molar-refractivity contribution in [3.05, 3.63) is 53.7 Å².